The van der Waals surface area contributed by atoms with Gasteiger partial charge >= 0.3 is 0 Å². The highest BCUT2D eigenvalue weighted by molar-refractivity contribution is 5.96. The average Bonchev–Trinajstić information content (AvgIpc) is 2.61. The molecular formula is C20H19N3O3. The number of pyridine rings is 1. The molecule has 0 aliphatic heterocycles. The van der Waals surface area contributed by atoms with Gasteiger partial charge in [-0.3, -0.25) is 14.4 Å². The number of aromatic amines is 1. The van der Waals surface area contributed by atoms with E-state index in [0.717, 1.165) is 5.56 Å². The largest absolute Gasteiger partial charge is 0.344 e. The van der Waals surface area contributed by atoms with Crippen LogP contribution in [0.4, 0.5) is 5.69 Å². The van der Waals surface area contributed by atoms with Gasteiger partial charge in [-0.25, -0.2) is 0 Å². The summed E-state index contributed by atoms with van der Waals surface area (Å²) in [4.78, 5) is 38.5. The van der Waals surface area contributed by atoms with Gasteiger partial charge in [0, 0.05) is 18.0 Å². The molecule has 1 aromatic heterocycles. The molecule has 0 unspecified atom stereocenters. The van der Waals surface area contributed by atoms with Crippen molar-refractivity contribution in [3.05, 3.63) is 76.2 Å². The Morgan fingerprint density at radius 3 is 2.58 bits per heavy atom. The molecule has 0 aliphatic rings. The molecule has 2 amide bonds. The molecule has 6 nitrogen and oxygen atoms in total. The summed E-state index contributed by atoms with van der Waals surface area (Å²) in [5.41, 5.74) is 1.41. The van der Waals surface area contributed by atoms with Gasteiger partial charge in [0.2, 0.25) is 5.91 Å². The van der Waals surface area contributed by atoms with E-state index in [1.54, 1.807) is 42.5 Å². The van der Waals surface area contributed by atoms with E-state index in [9.17, 15) is 14.4 Å². The number of nitrogens with one attached hydrogen (secondary N) is 3. The van der Waals surface area contributed by atoms with Gasteiger partial charge in [-0.2, -0.15) is 0 Å². The molecular weight excluding hydrogens is 330 g/mol. The van der Waals surface area contributed by atoms with Crippen molar-refractivity contribution in [3.63, 3.8) is 0 Å². The first-order valence-electron chi connectivity index (χ1n) is 8.24. The van der Waals surface area contributed by atoms with Crippen molar-refractivity contribution in [1.29, 1.82) is 0 Å². The summed E-state index contributed by atoms with van der Waals surface area (Å²) < 4.78 is 0. The van der Waals surface area contributed by atoms with Gasteiger partial charge < -0.3 is 15.6 Å². The number of carbonyl (C=O) groups excluding carboxylic acids is 2. The first-order valence-corrected chi connectivity index (χ1v) is 8.24. The van der Waals surface area contributed by atoms with Crippen molar-refractivity contribution in [2.45, 2.75) is 19.9 Å². The van der Waals surface area contributed by atoms with Crippen LogP contribution in [0.1, 0.15) is 35.9 Å². The Morgan fingerprint density at radius 1 is 1.04 bits per heavy atom. The van der Waals surface area contributed by atoms with E-state index < -0.39 is 0 Å². The Labute approximate surface area is 150 Å². The van der Waals surface area contributed by atoms with Crippen molar-refractivity contribution in [2.24, 2.45) is 0 Å². The Hall–Kier alpha value is -3.41. The third kappa shape index (κ3) is 3.80. The molecule has 3 N–H and O–H groups in total. The molecule has 6 heteroatoms. The summed E-state index contributed by atoms with van der Waals surface area (Å²) in [5, 5.41) is 6.83. The minimum Gasteiger partial charge on any atom is -0.344 e. The predicted molar refractivity (Wildman–Crippen MR) is 101 cm³/mol. The van der Waals surface area contributed by atoms with Crippen LogP contribution in [0, 0.1) is 0 Å². The molecule has 26 heavy (non-hydrogen) atoms. The zero-order chi connectivity index (χ0) is 18.7. The number of hydrogen-bond acceptors (Lipinski definition) is 3. The lowest BCUT2D eigenvalue weighted by molar-refractivity contribution is -0.114. The quantitative estimate of drug-likeness (QED) is 0.676. The number of fused-ring (bicyclic) bond motifs is 1. The maximum Gasteiger partial charge on any atom is 0.268 e. The number of anilines is 1. The minimum absolute atomic E-state index is 0.160. The predicted octanol–water partition coefficient (Wildman–Crippen LogP) is 2.98. The Morgan fingerprint density at radius 2 is 1.81 bits per heavy atom. The van der Waals surface area contributed by atoms with Crippen LogP contribution >= 0.6 is 0 Å². The Kier molecular flexibility index (Phi) is 4.84. The molecule has 0 spiro atoms. The van der Waals surface area contributed by atoms with Crippen LogP contribution in [-0.2, 0) is 4.79 Å². The van der Waals surface area contributed by atoms with Crippen LogP contribution in [-0.4, -0.2) is 16.8 Å². The van der Waals surface area contributed by atoms with Gasteiger partial charge in [-0.15, -0.1) is 0 Å². The number of carbonyl (C=O) groups is 2. The summed E-state index contributed by atoms with van der Waals surface area (Å²) in [6, 6.07) is 15.7. The molecule has 0 saturated carbocycles. The third-order valence-corrected chi connectivity index (χ3v) is 4.05. The summed E-state index contributed by atoms with van der Waals surface area (Å²) in [5.74, 6) is -0.530. The monoisotopic (exact) mass is 349 g/mol. The van der Waals surface area contributed by atoms with Crippen LogP contribution < -0.4 is 16.2 Å². The van der Waals surface area contributed by atoms with E-state index in [-0.39, 0.29) is 29.1 Å². The summed E-state index contributed by atoms with van der Waals surface area (Å²) in [7, 11) is 0. The van der Waals surface area contributed by atoms with Gasteiger partial charge in [-0.1, -0.05) is 30.3 Å². The van der Waals surface area contributed by atoms with E-state index in [4.69, 9.17) is 0 Å². The molecule has 0 bridgehead atoms. The number of rotatable bonds is 4. The molecule has 2 aromatic carbocycles. The normalized spacial score (nSPS) is 11.8. The first-order chi connectivity index (χ1) is 12.4. The fourth-order valence-corrected chi connectivity index (χ4v) is 2.78. The van der Waals surface area contributed by atoms with Crippen LogP contribution in [0.15, 0.2) is 59.4 Å². The maximum absolute atomic E-state index is 12.5. The van der Waals surface area contributed by atoms with E-state index in [1.165, 1.54) is 6.92 Å². The van der Waals surface area contributed by atoms with Gasteiger partial charge in [0.05, 0.1) is 6.04 Å². The first kappa shape index (κ1) is 17.4. The topological polar surface area (TPSA) is 91.1 Å². The molecule has 3 rings (SSSR count). The number of benzene rings is 2. The van der Waals surface area contributed by atoms with E-state index in [1.807, 2.05) is 19.1 Å². The highest BCUT2D eigenvalue weighted by atomic mass is 16.2. The summed E-state index contributed by atoms with van der Waals surface area (Å²) >= 11 is 0. The van der Waals surface area contributed by atoms with Crippen molar-refractivity contribution in [1.82, 2.24) is 10.3 Å². The van der Waals surface area contributed by atoms with Gasteiger partial charge in [-0.05, 0) is 42.1 Å². The van der Waals surface area contributed by atoms with E-state index in [2.05, 4.69) is 15.6 Å². The van der Waals surface area contributed by atoms with Crippen molar-refractivity contribution in [3.8, 4) is 0 Å². The second-order valence-electron chi connectivity index (χ2n) is 6.10. The molecule has 0 saturated heterocycles. The second-order valence-corrected chi connectivity index (χ2v) is 6.10. The fraction of sp³-hybridized carbons (Fsp3) is 0.150. The smallest absolute Gasteiger partial charge is 0.268 e. The third-order valence-electron chi connectivity index (χ3n) is 4.05. The lowest BCUT2D eigenvalue weighted by Crippen LogP contribution is -2.29. The highest BCUT2D eigenvalue weighted by Gasteiger charge is 2.14. The number of hydrogen-bond donors (Lipinski definition) is 3. The number of aromatic nitrogens is 1. The van der Waals surface area contributed by atoms with Crippen LogP contribution in [0.2, 0.25) is 0 Å². The molecule has 1 atom stereocenters. The Bertz CT molecular complexity index is 1040. The number of amides is 2. The SMILES string of the molecule is CC(=O)Nc1cccc([C@H](C)NC(=O)c2cc3ccccc3c(=O)[nH]2)c1. The molecule has 3 aromatic rings. The summed E-state index contributed by atoms with van der Waals surface area (Å²) in [6.45, 7) is 3.28. The fourth-order valence-electron chi connectivity index (χ4n) is 2.78. The van der Waals surface area contributed by atoms with E-state index in [0.29, 0.717) is 16.5 Å². The average molecular weight is 349 g/mol. The van der Waals surface area contributed by atoms with Crippen LogP contribution in [0.5, 0.6) is 0 Å². The highest BCUT2D eigenvalue weighted by Crippen LogP contribution is 2.18. The van der Waals surface area contributed by atoms with Gasteiger partial charge in [0.1, 0.15) is 5.69 Å². The molecule has 0 radical (unpaired) electrons. The standard InChI is InChI=1S/C20H19N3O3/c1-12(14-7-5-8-16(10-14)22-13(2)24)21-20(26)18-11-15-6-3-4-9-17(15)19(25)23-18/h3-12H,1-2H3,(H,21,26)(H,22,24)(H,23,25)/t12-/m0/s1. The van der Waals surface area contributed by atoms with Crippen molar-refractivity contribution >= 4 is 28.3 Å². The zero-order valence-corrected chi connectivity index (χ0v) is 14.5. The van der Waals surface area contributed by atoms with Crippen molar-refractivity contribution < 1.29 is 9.59 Å². The van der Waals surface area contributed by atoms with Gasteiger partial charge in [0.25, 0.3) is 11.5 Å². The minimum atomic E-state index is -0.370. The van der Waals surface area contributed by atoms with Crippen LogP contribution in [0.3, 0.4) is 0 Å². The lowest BCUT2D eigenvalue weighted by atomic mass is 10.1. The zero-order valence-electron chi connectivity index (χ0n) is 14.5. The molecule has 0 fully saturated rings. The lowest BCUT2D eigenvalue weighted by Gasteiger charge is -2.15. The van der Waals surface area contributed by atoms with E-state index >= 15 is 0 Å². The Balaban J connectivity index is 1.81. The summed E-state index contributed by atoms with van der Waals surface area (Å²) in [6.07, 6.45) is 0. The van der Waals surface area contributed by atoms with Crippen LogP contribution in [0.25, 0.3) is 10.8 Å². The molecule has 132 valence electrons. The molecule has 0 aliphatic carbocycles. The van der Waals surface area contributed by atoms with Gasteiger partial charge in [0.15, 0.2) is 0 Å². The second kappa shape index (κ2) is 7.23. The maximum atomic E-state index is 12.5. The molecule has 1 heterocycles. The number of H-pyrrole nitrogens is 1. The van der Waals surface area contributed by atoms with Crippen molar-refractivity contribution in [2.75, 3.05) is 5.32 Å².